The van der Waals surface area contributed by atoms with Gasteiger partial charge in [-0.3, -0.25) is 20.2 Å². The van der Waals surface area contributed by atoms with Crippen LogP contribution < -0.4 is 16.8 Å². The SMILES string of the molecule is NC(N)=NCc1nc(C(=O)Nc2nc3ccc([N+](=O)[O-])cc3s2)cs1. The number of anilines is 1. The summed E-state index contributed by atoms with van der Waals surface area (Å²) in [7, 11) is 0. The summed E-state index contributed by atoms with van der Waals surface area (Å²) in [5.74, 6) is -0.481. The first kappa shape index (κ1) is 16.7. The van der Waals surface area contributed by atoms with Gasteiger partial charge in [-0.25, -0.2) is 15.0 Å². The minimum Gasteiger partial charge on any atom is -0.370 e. The van der Waals surface area contributed by atoms with Crippen LogP contribution >= 0.6 is 22.7 Å². The Morgan fingerprint density at radius 3 is 2.88 bits per heavy atom. The number of hydrogen-bond donors (Lipinski definition) is 3. The van der Waals surface area contributed by atoms with Gasteiger partial charge in [-0.2, -0.15) is 0 Å². The molecule has 10 nitrogen and oxygen atoms in total. The number of nitrogens with zero attached hydrogens (tertiary/aromatic N) is 4. The molecule has 12 heteroatoms. The third-order valence-electron chi connectivity index (χ3n) is 2.98. The maximum Gasteiger partial charge on any atom is 0.276 e. The largest absolute Gasteiger partial charge is 0.370 e. The number of aliphatic imine (C=N–C) groups is 1. The average Bonchev–Trinajstić information content (AvgIpc) is 3.18. The van der Waals surface area contributed by atoms with Gasteiger partial charge in [0.25, 0.3) is 11.6 Å². The van der Waals surface area contributed by atoms with E-state index in [0.29, 0.717) is 20.4 Å². The number of amides is 1. The van der Waals surface area contributed by atoms with Crippen LogP contribution in [-0.4, -0.2) is 26.8 Å². The Morgan fingerprint density at radius 2 is 2.16 bits per heavy atom. The van der Waals surface area contributed by atoms with Crippen molar-refractivity contribution in [1.82, 2.24) is 9.97 Å². The normalized spacial score (nSPS) is 10.6. The summed E-state index contributed by atoms with van der Waals surface area (Å²) in [6.45, 7) is 0.199. The van der Waals surface area contributed by atoms with E-state index in [-0.39, 0.29) is 23.9 Å². The number of hydrogen-bond acceptors (Lipinski definition) is 8. The van der Waals surface area contributed by atoms with E-state index in [4.69, 9.17) is 11.5 Å². The predicted octanol–water partition coefficient (Wildman–Crippen LogP) is 1.69. The first-order valence-electron chi connectivity index (χ1n) is 6.78. The maximum absolute atomic E-state index is 12.2. The van der Waals surface area contributed by atoms with E-state index in [1.165, 1.54) is 29.5 Å². The number of nitrogens with two attached hydrogens (primary N) is 2. The molecule has 25 heavy (non-hydrogen) atoms. The molecule has 1 amide bonds. The van der Waals surface area contributed by atoms with Gasteiger partial charge in [0.15, 0.2) is 11.1 Å². The molecule has 0 atom stereocenters. The fourth-order valence-electron chi connectivity index (χ4n) is 1.89. The number of thiazole rings is 2. The van der Waals surface area contributed by atoms with E-state index < -0.39 is 10.8 Å². The summed E-state index contributed by atoms with van der Waals surface area (Å²) >= 11 is 2.40. The van der Waals surface area contributed by atoms with Crippen molar-refractivity contribution in [2.75, 3.05) is 5.32 Å². The number of nitro groups is 1. The highest BCUT2D eigenvalue weighted by Gasteiger charge is 2.15. The van der Waals surface area contributed by atoms with E-state index in [9.17, 15) is 14.9 Å². The van der Waals surface area contributed by atoms with Crippen molar-refractivity contribution in [3.63, 3.8) is 0 Å². The Hall–Kier alpha value is -3.12. The number of rotatable bonds is 5. The zero-order valence-electron chi connectivity index (χ0n) is 12.5. The Labute approximate surface area is 148 Å². The quantitative estimate of drug-likeness (QED) is 0.263. The van der Waals surface area contributed by atoms with Crippen molar-refractivity contribution < 1.29 is 9.72 Å². The van der Waals surface area contributed by atoms with Gasteiger partial charge in [-0.05, 0) is 6.07 Å². The van der Waals surface area contributed by atoms with Crippen molar-refractivity contribution in [3.8, 4) is 0 Å². The van der Waals surface area contributed by atoms with Gasteiger partial charge in [-0.15, -0.1) is 11.3 Å². The van der Waals surface area contributed by atoms with Gasteiger partial charge < -0.3 is 11.5 Å². The van der Waals surface area contributed by atoms with Crippen LogP contribution in [0.1, 0.15) is 15.5 Å². The summed E-state index contributed by atoms with van der Waals surface area (Å²) in [4.78, 5) is 34.7. The Balaban J connectivity index is 1.75. The molecule has 3 aromatic rings. The van der Waals surface area contributed by atoms with E-state index >= 15 is 0 Å². The summed E-state index contributed by atoms with van der Waals surface area (Å²) < 4.78 is 0.608. The molecule has 0 bridgehead atoms. The first-order chi connectivity index (χ1) is 11.9. The third-order valence-corrected chi connectivity index (χ3v) is 4.75. The van der Waals surface area contributed by atoms with Gasteiger partial charge in [0.05, 0.1) is 21.7 Å². The van der Waals surface area contributed by atoms with Gasteiger partial charge in [-0.1, -0.05) is 11.3 Å². The van der Waals surface area contributed by atoms with Gasteiger partial charge in [0.1, 0.15) is 10.7 Å². The lowest BCUT2D eigenvalue weighted by atomic mass is 10.3. The molecule has 5 N–H and O–H groups in total. The number of guanidine groups is 1. The molecule has 2 aromatic heterocycles. The average molecular weight is 377 g/mol. The molecule has 2 heterocycles. The Morgan fingerprint density at radius 1 is 1.36 bits per heavy atom. The van der Waals surface area contributed by atoms with E-state index in [0.717, 1.165) is 11.3 Å². The van der Waals surface area contributed by atoms with Crippen LogP contribution in [-0.2, 0) is 6.54 Å². The van der Waals surface area contributed by atoms with Crippen molar-refractivity contribution in [2.24, 2.45) is 16.5 Å². The topological polar surface area (TPSA) is 162 Å². The molecule has 0 fully saturated rings. The lowest BCUT2D eigenvalue weighted by Gasteiger charge is -1.96. The number of nitrogens with one attached hydrogen (secondary N) is 1. The second-order valence-corrected chi connectivity index (χ2v) is 6.72. The van der Waals surface area contributed by atoms with Gasteiger partial charge in [0.2, 0.25) is 0 Å². The Kier molecular flexibility index (Phi) is 4.54. The van der Waals surface area contributed by atoms with Gasteiger partial charge in [0, 0.05) is 17.5 Å². The minimum absolute atomic E-state index is 0.0297. The molecule has 0 aliphatic rings. The smallest absolute Gasteiger partial charge is 0.276 e. The summed E-state index contributed by atoms with van der Waals surface area (Å²) in [6.07, 6.45) is 0. The lowest BCUT2D eigenvalue weighted by molar-refractivity contribution is -0.384. The van der Waals surface area contributed by atoms with Crippen LogP contribution in [0.2, 0.25) is 0 Å². The number of nitro benzene ring substituents is 1. The molecular formula is C13H11N7O3S2. The number of carbonyl (C=O) groups is 1. The maximum atomic E-state index is 12.2. The van der Waals surface area contributed by atoms with E-state index in [2.05, 4.69) is 20.3 Å². The molecule has 128 valence electrons. The van der Waals surface area contributed by atoms with Crippen LogP contribution in [0.5, 0.6) is 0 Å². The molecule has 0 unspecified atom stereocenters. The zero-order chi connectivity index (χ0) is 18.0. The van der Waals surface area contributed by atoms with Crippen molar-refractivity contribution >= 4 is 55.6 Å². The monoisotopic (exact) mass is 377 g/mol. The molecule has 0 spiro atoms. The lowest BCUT2D eigenvalue weighted by Crippen LogP contribution is -2.22. The molecule has 0 aliphatic heterocycles. The molecule has 1 aromatic carbocycles. The molecule has 0 saturated carbocycles. The van der Waals surface area contributed by atoms with Crippen molar-refractivity contribution in [2.45, 2.75) is 6.54 Å². The molecule has 0 saturated heterocycles. The predicted molar refractivity (Wildman–Crippen MR) is 95.9 cm³/mol. The molecule has 3 rings (SSSR count). The second-order valence-electron chi connectivity index (χ2n) is 4.75. The number of carbonyl (C=O) groups excluding carboxylic acids is 1. The summed E-state index contributed by atoms with van der Waals surface area (Å²) in [6, 6.07) is 4.32. The number of benzene rings is 1. The van der Waals surface area contributed by atoms with Crippen LogP contribution in [0.4, 0.5) is 10.8 Å². The number of non-ortho nitro benzene ring substituents is 1. The van der Waals surface area contributed by atoms with Gasteiger partial charge >= 0.3 is 0 Å². The van der Waals surface area contributed by atoms with Crippen molar-refractivity contribution in [3.05, 3.63) is 44.4 Å². The number of aromatic nitrogens is 2. The highest BCUT2D eigenvalue weighted by molar-refractivity contribution is 7.22. The fraction of sp³-hybridized carbons (Fsp3) is 0.0769. The van der Waals surface area contributed by atoms with Crippen LogP contribution in [0, 0.1) is 10.1 Å². The number of fused-ring (bicyclic) bond motifs is 1. The highest BCUT2D eigenvalue weighted by Crippen LogP contribution is 2.29. The van der Waals surface area contributed by atoms with Crippen LogP contribution in [0.25, 0.3) is 10.2 Å². The second kappa shape index (κ2) is 6.78. The van der Waals surface area contributed by atoms with Crippen LogP contribution in [0.3, 0.4) is 0 Å². The highest BCUT2D eigenvalue weighted by atomic mass is 32.1. The Bertz CT molecular complexity index is 991. The zero-order valence-corrected chi connectivity index (χ0v) is 14.1. The standard InChI is InChI=1S/C13H11N7O3S2/c14-12(15)16-4-10-17-8(5-24-10)11(21)19-13-18-7-2-1-6(20(22)23)3-9(7)25-13/h1-3,5H,4H2,(H4,14,15,16)(H,18,19,21). The van der Waals surface area contributed by atoms with Crippen molar-refractivity contribution in [1.29, 1.82) is 0 Å². The molecule has 0 aliphatic carbocycles. The van der Waals surface area contributed by atoms with Crippen LogP contribution in [0.15, 0.2) is 28.6 Å². The summed E-state index contributed by atoms with van der Waals surface area (Å²) in [5, 5.41) is 15.9. The van der Waals surface area contributed by atoms with E-state index in [1.807, 2.05) is 0 Å². The minimum atomic E-state index is -0.481. The first-order valence-corrected chi connectivity index (χ1v) is 8.48. The summed E-state index contributed by atoms with van der Waals surface area (Å²) in [5.41, 5.74) is 11.3. The van der Waals surface area contributed by atoms with E-state index in [1.54, 1.807) is 5.38 Å². The fourth-order valence-corrected chi connectivity index (χ4v) is 3.48. The molecular weight excluding hydrogens is 366 g/mol. The molecule has 0 radical (unpaired) electrons. The third kappa shape index (κ3) is 3.87.